The summed E-state index contributed by atoms with van der Waals surface area (Å²) < 4.78 is 5.10. The first-order chi connectivity index (χ1) is 14.3. The second kappa shape index (κ2) is 7.55. The Morgan fingerprint density at radius 2 is 1.77 bits per heavy atom. The van der Waals surface area contributed by atoms with Crippen LogP contribution in [0.3, 0.4) is 0 Å². The van der Waals surface area contributed by atoms with Gasteiger partial charge in [0.05, 0.1) is 17.7 Å². The van der Waals surface area contributed by atoms with Crippen molar-refractivity contribution in [2.24, 2.45) is 5.92 Å². The summed E-state index contributed by atoms with van der Waals surface area (Å²) in [6.45, 7) is 1.12. The molecule has 0 bridgehead atoms. The maximum absolute atomic E-state index is 12.9. The van der Waals surface area contributed by atoms with E-state index in [4.69, 9.17) is 4.74 Å². The lowest BCUT2D eigenvalue weighted by molar-refractivity contribution is -0.148. The molecule has 3 aliphatic rings. The smallest absolute Gasteiger partial charge is 0.326 e. The minimum Gasteiger partial charge on any atom is -0.462 e. The molecular formula is C21H23N3O6. The highest BCUT2D eigenvalue weighted by molar-refractivity contribution is 6.21. The van der Waals surface area contributed by atoms with Crippen LogP contribution < -0.4 is 5.32 Å². The van der Waals surface area contributed by atoms with Crippen LogP contribution in [0.5, 0.6) is 0 Å². The first-order valence-electron chi connectivity index (χ1n) is 10.1. The highest BCUT2D eigenvalue weighted by Gasteiger charge is 2.55. The molecular weight excluding hydrogens is 390 g/mol. The Morgan fingerprint density at radius 3 is 2.40 bits per heavy atom. The van der Waals surface area contributed by atoms with Crippen LogP contribution in [-0.2, 0) is 14.3 Å². The number of nitrogens with zero attached hydrogens (tertiary/aromatic N) is 2. The van der Waals surface area contributed by atoms with Crippen molar-refractivity contribution < 1.29 is 28.7 Å². The molecule has 9 heteroatoms. The number of hydrogen-bond donors (Lipinski definition) is 1. The van der Waals surface area contributed by atoms with Gasteiger partial charge in [0.25, 0.3) is 17.7 Å². The number of carbonyl (C=O) groups is 5. The van der Waals surface area contributed by atoms with Crippen LogP contribution in [0.2, 0.25) is 0 Å². The largest absolute Gasteiger partial charge is 0.462 e. The van der Waals surface area contributed by atoms with Gasteiger partial charge in [0.2, 0.25) is 0 Å². The molecule has 1 saturated carbocycles. The van der Waals surface area contributed by atoms with Crippen molar-refractivity contribution in [3.63, 3.8) is 0 Å². The molecule has 1 aromatic carbocycles. The van der Waals surface area contributed by atoms with E-state index in [0.717, 1.165) is 29.1 Å². The fraction of sp³-hybridized carbons (Fsp3) is 0.476. The first kappa shape index (κ1) is 20.1. The van der Waals surface area contributed by atoms with Crippen LogP contribution in [0, 0.1) is 5.92 Å². The lowest BCUT2D eigenvalue weighted by atomic mass is 9.73. The quantitative estimate of drug-likeness (QED) is 0.443. The number of ether oxygens (including phenoxy) is 1. The third kappa shape index (κ3) is 3.14. The van der Waals surface area contributed by atoms with Crippen LogP contribution in [0.25, 0.3) is 0 Å². The van der Waals surface area contributed by atoms with Crippen molar-refractivity contribution in [2.45, 2.75) is 38.1 Å². The number of fused-ring (bicyclic) bond motifs is 1. The first-order valence-corrected chi connectivity index (χ1v) is 10.1. The van der Waals surface area contributed by atoms with Gasteiger partial charge >= 0.3 is 12.0 Å². The number of esters is 1. The Morgan fingerprint density at radius 1 is 1.10 bits per heavy atom. The van der Waals surface area contributed by atoms with Crippen molar-refractivity contribution >= 4 is 29.7 Å². The van der Waals surface area contributed by atoms with Crippen LogP contribution in [-0.4, -0.2) is 64.8 Å². The number of benzene rings is 1. The van der Waals surface area contributed by atoms with Crippen molar-refractivity contribution in [1.82, 2.24) is 15.1 Å². The highest BCUT2D eigenvalue weighted by Crippen LogP contribution is 2.38. The molecule has 2 atom stereocenters. The van der Waals surface area contributed by atoms with E-state index in [-0.39, 0.29) is 19.1 Å². The molecule has 1 aliphatic carbocycles. The zero-order valence-electron chi connectivity index (χ0n) is 16.7. The summed E-state index contributed by atoms with van der Waals surface area (Å²) in [6, 6.07) is 5.89. The summed E-state index contributed by atoms with van der Waals surface area (Å²) in [4.78, 5) is 63.9. The molecule has 2 aliphatic heterocycles. The second-order valence-electron chi connectivity index (χ2n) is 7.97. The van der Waals surface area contributed by atoms with Gasteiger partial charge in [-0.25, -0.2) is 4.79 Å². The van der Waals surface area contributed by atoms with Gasteiger partial charge in [-0.05, 0) is 30.9 Å². The SMILES string of the molecule is C[C@H]1CCCC[C@@]12NC(=O)N(CC(=O)OCCN1C(=O)c3ccccc3C1=O)C2=O. The van der Waals surface area contributed by atoms with Crippen LogP contribution >= 0.6 is 0 Å². The predicted molar refractivity (Wildman–Crippen MR) is 103 cm³/mol. The molecule has 0 unspecified atom stereocenters. The second-order valence-corrected chi connectivity index (χ2v) is 7.97. The van der Waals surface area contributed by atoms with Gasteiger partial charge in [0.1, 0.15) is 18.7 Å². The number of urea groups is 1. The van der Waals surface area contributed by atoms with E-state index < -0.39 is 41.8 Å². The number of nitrogens with one attached hydrogen (secondary N) is 1. The van der Waals surface area contributed by atoms with E-state index in [9.17, 15) is 24.0 Å². The molecule has 9 nitrogen and oxygen atoms in total. The van der Waals surface area contributed by atoms with E-state index >= 15 is 0 Å². The fourth-order valence-corrected chi connectivity index (χ4v) is 4.51. The van der Waals surface area contributed by atoms with Gasteiger partial charge < -0.3 is 10.1 Å². The minimum absolute atomic E-state index is 0.00227. The van der Waals surface area contributed by atoms with E-state index in [1.165, 1.54) is 0 Å². The maximum atomic E-state index is 12.9. The Hall–Kier alpha value is -3.23. The Labute approximate surface area is 173 Å². The van der Waals surface area contributed by atoms with Crippen molar-refractivity contribution in [2.75, 3.05) is 19.7 Å². The number of carbonyl (C=O) groups excluding carboxylic acids is 5. The highest BCUT2D eigenvalue weighted by atomic mass is 16.5. The molecule has 2 fully saturated rings. The summed E-state index contributed by atoms with van der Waals surface area (Å²) in [6.07, 6.45) is 3.25. The molecule has 1 aromatic rings. The van der Waals surface area contributed by atoms with Gasteiger partial charge in [-0.3, -0.25) is 29.0 Å². The zero-order chi connectivity index (χ0) is 21.5. The molecule has 0 radical (unpaired) electrons. The van der Waals surface area contributed by atoms with Crippen LogP contribution in [0.1, 0.15) is 53.3 Å². The van der Waals surface area contributed by atoms with E-state index in [0.29, 0.717) is 17.5 Å². The summed E-state index contributed by atoms with van der Waals surface area (Å²) in [7, 11) is 0. The van der Waals surface area contributed by atoms with Gasteiger partial charge in [-0.2, -0.15) is 0 Å². The summed E-state index contributed by atoms with van der Waals surface area (Å²) in [5.41, 5.74) is -0.296. The Balaban J connectivity index is 1.32. The van der Waals surface area contributed by atoms with Gasteiger partial charge in [-0.1, -0.05) is 31.9 Å². The third-order valence-electron chi connectivity index (χ3n) is 6.24. The maximum Gasteiger partial charge on any atom is 0.326 e. The number of amides is 5. The fourth-order valence-electron chi connectivity index (χ4n) is 4.51. The molecule has 1 N–H and O–H groups in total. The standard InChI is InChI=1S/C21H23N3O6/c1-13-6-4-5-9-21(13)19(28)24(20(29)22-21)12-16(25)30-11-10-23-17(26)14-7-2-3-8-15(14)18(23)27/h2-3,7-8,13H,4-6,9-12H2,1H3,(H,22,29)/t13-,21+/m0/s1. The minimum atomic E-state index is -0.935. The normalized spacial score (nSPS) is 25.7. The zero-order valence-corrected chi connectivity index (χ0v) is 16.7. The Bertz CT molecular complexity index is 909. The Kier molecular flexibility index (Phi) is 5.05. The van der Waals surface area contributed by atoms with Crippen LogP contribution in [0.15, 0.2) is 24.3 Å². The van der Waals surface area contributed by atoms with E-state index in [1.807, 2.05) is 6.92 Å². The monoisotopic (exact) mass is 413 g/mol. The van der Waals surface area contributed by atoms with E-state index in [1.54, 1.807) is 24.3 Å². The third-order valence-corrected chi connectivity index (χ3v) is 6.24. The molecule has 4 rings (SSSR count). The molecule has 1 spiro atoms. The molecule has 5 amide bonds. The summed E-state index contributed by atoms with van der Waals surface area (Å²) in [5.74, 6) is -2.03. The van der Waals surface area contributed by atoms with Gasteiger partial charge in [0, 0.05) is 0 Å². The predicted octanol–water partition coefficient (Wildman–Crippen LogP) is 1.33. The summed E-state index contributed by atoms with van der Waals surface area (Å²) in [5, 5.41) is 2.78. The summed E-state index contributed by atoms with van der Waals surface area (Å²) >= 11 is 0. The average molecular weight is 413 g/mol. The van der Waals surface area contributed by atoms with Crippen molar-refractivity contribution in [3.05, 3.63) is 35.4 Å². The van der Waals surface area contributed by atoms with Gasteiger partial charge in [0.15, 0.2) is 0 Å². The number of hydrogen-bond acceptors (Lipinski definition) is 6. The lowest BCUT2D eigenvalue weighted by Gasteiger charge is -2.36. The molecule has 30 heavy (non-hydrogen) atoms. The molecule has 0 aromatic heterocycles. The number of imide groups is 2. The lowest BCUT2D eigenvalue weighted by Crippen LogP contribution is -2.54. The molecule has 1 saturated heterocycles. The van der Waals surface area contributed by atoms with Crippen molar-refractivity contribution in [1.29, 1.82) is 0 Å². The number of rotatable bonds is 5. The van der Waals surface area contributed by atoms with Crippen LogP contribution in [0.4, 0.5) is 4.79 Å². The molecule has 158 valence electrons. The van der Waals surface area contributed by atoms with E-state index in [2.05, 4.69) is 5.32 Å². The van der Waals surface area contributed by atoms with Crippen molar-refractivity contribution in [3.8, 4) is 0 Å². The topological polar surface area (TPSA) is 113 Å². The van der Waals surface area contributed by atoms with Gasteiger partial charge in [-0.15, -0.1) is 0 Å². The molecule has 2 heterocycles. The average Bonchev–Trinajstić information content (AvgIpc) is 3.11.